The van der Waals surface area contributed by atoms with Crippen molar-refractivity contribution in [2.45, 2.75) is 0 Å². The number of nitrogens with zero attached hydrogens (tertiary/aromatic N) is 1. The zero-order chi connectivity index (χ0) is 9.68. The van der Waals surface area contributed by atoms with Crippen molar-refractivity contribution < 1.29 is 4.79 Å². The fourth-order valence-corrected chi connectivity index (χ4v) is 1.01. The van der Waals surface area contributed by atoms with Crippen LogP contribution in [0.4, 0.5) is 0 Å². The SMILES string of the molecule is N#CC#Cc1cc(Cl)ccc1C=O. The third-order valence-electron chi connectivity index (χ3n) is 1.40. The van der Waals surface area contributed by atoms with Gasteiger partial charge in [-0.1, -0.05) is 11.6 Å². The topological polar surface area (TPSA) is 40.9 Å². The summed E-state index contributed by atoms with van der Waals surface area (Å²) in [6.07, 6.45) is 0.678. The molecular formula is C10H4ClNO. The molecule has 62 valence electrons. The fourth-order valence-electron chi connectivity index (χ4n) is 0.835. The first kappa shape index (κ1) is 9.32. The number of halogens is 1. The molecule has 0 bridgehead atoms. The second-order valence-corrected chi connectivity index (χ2v) is 2.65. The molecule has 0 atom stereocenters. The summed E-state index contributed by atoms with van der Waals surface area (Å²) in [5, 5.41) is 8.71. The maximum absolute atomic E-state index is 10.5. The second-order valence-electron chi connectivity index (χ2n) is 2.21. The highest BCUT2D eigenvalue weighted by molar-refractivity contribution is 6.30. The lowest BCUT2D eigenvalue weighted by Gasteiger charge is -1.95. The average molecular weight is 190 g/mol. The van der Waals surface area contributed by atoms with E-state index in [2.05, 4.69) is 11.8 Å². The number of hydrogen-bond acceptors (Lipinski definition) is 2. The van der Waals surface area contributed by atoms with Crippen LogP contribution < -0.4 is 0 Å². The van der Waals surface area contributed by atoms with Gasteiger partial charge >= 0.3 is 0 Å². The van der Waals surface area contributed by atoms with Crippen LogP contribution in [0.5, 0.6) is 0 Å². The maximum Gasteiger partial charge on any atom is 0.152 e. The molecule has 0 aromatic heterocycles. The molecule has 3 heteroatoms. The summed E-state index contributed by atoms with van der Waals surface area (Å²) in [7, 11) is 0. The lowest BCUT2D eigenvalue weighted by molar-refractivity contribution is 0.112. The number of carbonyl (C=O) groups excluding carboxylic acids is 1. The highest BCUT2D eigenvalue weighted by Gasteiger charge is 1.98. The molecule has 0 spiro atoms. The molecule has 0 N–H and O–H groups in total. The first-order valence-electron chi connectivity index (χ1n) is 3.43. The van der Waals surface area contributed by atoms with E-state index in [1.807, 2.05) is 0 Å². The van der Waals surface area contributed by atoms with E-state index in [-0.39, 0.29) is 0 Å². The number of carbonyl (C=O) groups is 1. The Kier molecular flexibility index (Phi) is 3.09. The molecule has 13 heavy (non-hydrogen) atoms. The fraction of sp³-hybridized carbons (Fsp3) is 0. The van der Waals surface area contributed by atoms with Crippen LogP contribution in [0.15, 0.2) is 18.2 Å². The van der Waals surface area contributed by atoms with Crippen molar-refractivity contribution in [1.29, 1.82) is 5.26 Å². The van der Waals surface area contributed by atoms with Crippen molar-refractivity contribution in [2.24, 2.45) is 0 Å². The molecule has 1 aromatic rings. The van der Waals surface area contributed by atoms with E-state index < -0.39 is 0 Å². The van der Waals surface area contributed by atoms with Crippen molar-refractivity contribution in [3.8, 4) is 17.9 Å². The molecule has 0 heterocycles. The first-order chi connectivity index (χ1) is 6.27. The number of rotatable bonds is 1. The van der Waals surface area contributed by atoms with Crippen LogP contribution in [-0.2, 0) is 0 Å². The van der Waals surface area contributed by atoms with Gasteiger partial charge in [0.25, 0.3) is 0 Å². The van der Waals surface area contributed by atoms with E-state index >= 15 is 0 Å². The molecular weight excluding hydrogens is 186 g/mol. The van der Waals surface area contributed by atoms with E-state index in [0.717, 1.165) is 0 Å². The number of hydrogen-bond donors (Lipinski definition) is 0. The Hall–Kier alpha value is -1.77. The van der Waals surface area contributed by atoms with Crippen LogP contribution in [0, 0.1) is 23.2 Å². The van der Waals surface area contributed by atoms with Crippen LogP contribution >= 0.6 is 11.6 Å². The summed E-state index contributed by atoms with van der Waals surface area (Å²) in [5.41, 5.74) is 0.913. The lowest BCUT2D eigenvalue weighted by Crippen LogP contribution is -1.86. The Morgan fingerprint density at radius 1 is 1.46 bits per heavy atom. The van der Waals surface area contributed by atoms with Crippen LogP contribution in [0.1, 0.15) is 15.9 Å². The van der Waals surface area contributed by atoms with Crippen molar-refractivity contribution in [2.75, 3.05) is 0 Å². The highest BCUT2D eigenvalue weighted by atomic mass is 35.5. The Bertz CT molecular complexity index is 434. The van der Waals surface area contributed by atoms with Gasteiger partial charge in [0.2, 0.25) is 0 Å². The minimum atomic E-state index is 0.437. The summed E-state index contributed by atoms with van der Waals surface area (Å²) >= 11 is 5.69. The van der Waals surface area contributed by atoms with Crippen LogP contribution in [0.2, 0.25) is 5.02 Å². The monoisotopic (exact) mass is 189 g/mol. The van der Waals surface area contributed by atoms with Crippen LogP contribution in [0.3, 0.4) is 0 Å². The molecule has 0 aliphatic heterocycles. The van der Waals surface area contributed by atoms with E-state index in [1.54, 1.807) is 24.3 Å². The van der Waals surface area contributed by atoms with Gasteiger partial charge in [-0.25, -0.2) is 0 Å². The van der Waals surface area contributed by atoms with Gasteiger partial charge in [0.15, 0.2) is 12.4 Å². The predicted octanol–water partition coefficient (Wildman–Crippen LogP) is 2.03. The van der Waals surface area contributed by atoms with Gasteiger partial charge in [-0.15, -0.1) is 0 Å². The molecule has 1 rings (SSSR count). The average Bonchev–Trinajstić information content (AvgIpc) is 2.15. The smallest absolute Gasteiger partial charge is 0.152 e. The molecule has 0 saturated heterocycles. The highest BCUT2D eigenvalue weighted by Crippen LogP contribution is 2.13. The van der Waals surface area contributed by atoms with E-state index in [0.29, 0.717) is 22.4 Å². The van der Waals surface area contributed by atoms with Gasteiger partial charge < -0.3 is 0 Å². The van der Waals surface area contributed by atoms with E-state index in [4.69, 9.17) is 16.9 Å². The molecule has 0 saturated carbocycles. The van der Waals surface area contributed by atoms with Gasteiger partial charge in [-0.05, 0) is 24.1 Å². The van der Waals surface area contributed by atoms with Gasteiger partial charge in [0, 0.05) is 22.1 Å². The zero-order valence-corrected chi connectivity index (χ0v) is 7.30. The van der Waals surface area contributed by atoms with Crippen molar-refractivity contribution in [1.82, 2.24) is 0 Å². The summed E-state index contributed by atoms with van der Waals surface area (Å²) in [5.74, 6) is 4.73. The van der Waals surface area contributed by atoms with Gasteiger partial charge in [-0.3, -0.25) is 4.79 Å². The lowest BCUT2D eigenvalue weighted by atomic mass is 10.1. The Balaban J connectivity index is 3.25. The second kappa shape index (κ2) is 4.30. The summed E-state index contributed by atoms with van der Waals surface area (Å²) in [4.78, 5) is 10.5. The zero-order valence-electron chi connectivity index (χ0n) is 6.54. The predicted molar refractivity (Wildman–Crippen MR) is 49.3 cm³/mol. The molecule has 0 radical (unpaired) electrons. The summed E-state index contributed by atoms with van der Waals surface area (Å²) in [6.45, 7) is 0. The molecule has 1 aromatic carbocycles. The van der Waals surface area contributed by atoms with Gasteiger partial charge in [0.1, 0.15) is 0 Å². The number of nitriles is 1. The molecule has 0 fully saturated rings. The minimum Gasteiger partial charge on any atom is -0.298 e. The maximum atomic E-state index is 10.5. The first-order valence-corrected chi connectivity index (χ1v) is 3.80. The largest absolute Gasteiger partial charge is 0.298 e. The van der Waals surface area contributed by atoms with Crippen molar-refractivity contribution in [3.63, 3.8) is 0 Å². The molecule has 0 amide bonds. The molecule has 0 aliphatic carbocycles. The Morgan fingerprint density at radius 2 is 2.23 bits per heavy atom. The van der Waals surface area contributed by atoms with Crippen LogP contribution in [-0.4, -0.2) is 6.29 Å². The summed E-state index contributed by atoms with van der Waals surface area (Å²) in [6, 6.07) is 6.38. The van der Waals surface area contributed by atoms with E-state index in [9.17, 15) is 4.79 Å². The van der Waals surface area contributed by atoms with Crippen LogP contribution in [0.25, 0.3) is 0 Å². The number of benzene rings is 1. The third kappa shape index (κ3) is 2.33. The standard InChI is InChI=1S/C10H4ClNO/c11-10-4-3-9(7-13)8(6-10)2-1-5-12/h3-4,6-7H. The van der Waals surface area contributed by atoms with Gasteiger partial charge in [0.05, 0.1) is 0 Å². The molecule has 0 aliphatic rings. The quantitative estimate of drug-likeness (QED) is 0.501. The normalized spacial score (nSPS) is 8.00. The Labute approximate surface area is 80.7 Å². The van der Waals surface area contributed by atoms with Crippen molar-refractivity contribution in [3.05, 3.63) is 34.3 Å². The minimum absolute atomic E-state index is 0.437. The van der Waals surface area contributed by atoms with Gasteiger partial charge in [-0.2, -0.15) is 5.26 Å². The number of aldehydes is 1. The molecule has 2 nitrogen and oxygen atoms in total. The molecule has 0 unspecified atom stereocenters. The Morgan fingerprint density at radius 3 is 2.85 bits per heavy atom. The van der Waals surface area contributed by atoms with Crippen molar-refractivity contribution >= 4 is 17.9 Å². The van der Waals surface area contributed by atoms with E-state index in [1.165, 1.54) is 0 Å². The summed E-state index contributed by atoms with van der Waals surface area (Å²) < 4.78 is 0. The third-order valence-corrected chi connectivity index (χ3v) is 1.63.